The number of rotatable bonds is 3. The van der Waals surface area contributed by atoms with Crippen molar-refractivity contribution in [3.63, 3.8) is 0 Å². The molecule has 7 atom stereocenters. The highest BCUT2D eigenvalue weighted by molar-refractivity contribution is 5.86. The second-order valence-corrected chi connectivity index (χ2v) is 6.11. The highest BCUT2D eigenvalue weighted by Gasteiger charge is 2.66. The molecule has 2 saturated heterocycles. The van der Waals surface area contributed by atoms with Crippen LogP contribution < -0.4 is 0 Å². The Kier molecular flexibility index (Phi) is 5.47. The molecule has 0 radical (unpaired) electrons. The fraction of sp³-hybridized carbons (Fsp3) is 0.857. The van der Waals surface area contributed by atoms with Crippen LogP contribution in [-0.4, -0.2) is 105 Å². The van der Waals surface area contributed by atoms with Crippen molar-refractivity contribution in [1.29, 1.82) is 0 Å². The van der Waals surface area contributed by atoms with E-state index in [0.29, 0.717) is 0 Å². The van der Waals surface area contributed by atoms with Crippen LogP contribution in [0, 0.1) is 0 Å². The third-order valence-electron chi connectivity index (χ3n) is 4.79. The zero-order valence-electron chi connectivity index (χ0n) is 13.4. The van der Waals surface area contributed by atoms with Crippen molar-refractivity contribution in [3.05, 3.63) is 0 Å². The molecule has 0 aromatic carbocycles. The number of carbonyl (C=O) groups is 2. The number of likely N-dealkylation sites (tertiary alicyclic amines) is 1. The fourth-order valence-electron chi connectivity index (χ4n) is 3.70. The zero-order chi connectivity index (χ0) is 18.2. The van der Waals surface area contributed by atoms with E-state index in [4.69, 9.17) is 9.47 Å². The third-order valence-corrected chi connectivity index (χ3v) is 4.79. The van der Waals surface area contributed by atoms with Crippen LogP contribution in [0.5, 0.6) is 0 Å². The topological polar surface area (TPSA) is 157 Å². The molecule has 138 valence electrons. The quantitative estimate of drug-likeness (QED) is 0.324. The molecule has 0 unspecified atom stereocenters. The van der Waals surface area contributed by atoms with Gasteiger partial charge in [-0.1, -0.05) is 0 Å². The van der Waals surface area contributed by atoms with E-state index < -0.39 is 67.2 Å². The van der Waals surface area contributed by atoms with Gasteiger partial charge in [-0.25, -0.2) is 4.79 Å². The van der Waals surface area contributed by atoms with Crippen molar-refractivity contribution in [3.8, 4) is 0 Å². The van der Waals surface area contributed by atoms with Gasteiger partial charge in [-0.3, -0.25) is 4.79 Å². The lowest BCUT2D eigenvalue weighted by Gasteiger charge is -2.48. The van der Waals surface area contributed by atoms with Crippen LogP contribution in [0.4, 0.5) is 0 Å². The maximum Gasteiger partial charge on any atom is 0.331 e. The first-order chi connectivity index (χ1) is 11.2. The van der Waals surface area contributed by atoms with Gasteiger partial charge in [-0.15, -0.1) is 0 Å². The van der Waals surface area contributed by atoms with Crippen LogP contribution >= 0.6 is 0 Å². The molecule has 10 nitrogen and oxygen atoms in total. The molecule has 2 heterocycles. The number of hydrogen-bond acceptors (Lipinski definition) is 9. The van der Waals surface area contributed by atoms with Crippen LogP contribution in [-0.2, 0) is 19.1 Å². The van der Waals surface area contributed by atoms with Crippen molar-refractivity contribution in [2.24, 2.45) is 0 Å². The number of aliphatic hydroxyl groups is 5. The lowest BCUT2D eigenvalue weighted by molar-refractivity contribution is -0.279. The highest BCUT2D eigenvalue weighted by Crippen LogP contribution is 2.45. The first-order valence-electron chi connectivity index (χ1n) is 7.55. The van der Waals surface area contributed by atoms with E-state index in [1.807, 2.05) is 0 Å². The SMILES string of the molecule is COC(=O)[C@H]1N(C(C)=O)[C@H](CO)C[C@]12O[C@H](CO)[C@@H](O)[C@H](O)[C@H]2O. The zero-order valence-corrected chi connectivity index (χ0v) is 13.4. The molecule has 2 aliphatic rings. The molecule has 0 saturated carbocycles. The van der Waals surface area contributed by atoms with Crippen LogP contribution in [0.1, 0.15) is 13.3 Å². The van der Waals surface area contributed by atoms with Gasteiger partial charge in [-0.2, -0.15) is 0 Å². The summed E-state index contributed by atoms with van der Waals surface area (Å²) in [4.78, 5) is 25.3. The molecule has 2 rings (SSSR count). The number of ether oxygens (including phenoxy) is 2. The van der Waals surface area contributed by atoms with Gasteiger partial charge < -0.3 is 39.9 Å². The van der Waals surface area contributed by atoms with Gasteiger partial charge >= 0.3 is 5.97 Å². The van der Waals surface area contributed by atoms with Crippen molar-refractivity contribution >= 4 is 11.9 Å². The standard InChI is InChI=1S/C14H23NO9/c1-6(18)15-7(4-16)3-14(11(15)13(22)23-2)12(21)10(20)9(19)8(5-17)24-14/h7-12,16-17,19-21H,3-5H2,1-2H3/t7-,8+,9+,10-,11+,12+,14-/m0/s1. The van der Waals surface area contributed by atoms with E-state index in [2.05, 4.69) is 0 Å². The Labute approximate surface area is 138 Å². The van der Waals surface area contributed by atoms with Gasteiger partial charge in [0.05, 0.1) is 26.4 Å². The van der Waals surface area contributed by atoms with Gasteiger partial charge in [0, 0.05) is 13.3 Å². The van der Waals surface area contributed by atoms with E-state index in [-0.39, 0.29) is 6.42 Å². The molecule has 10 heteroatoms. The van der Waals surface area contributed by atoms with Crippen LogP contribution in [0.15, 0.2) is 0 Å². The van der Waals surface area contributed by atoms with E-state index in [0.717, 1.165) is 12.0 Å². The molecule has 2 fully saturated rings. The number of nitrogens with zero attached hydrogens (tertiary/aromatic N) is 1. The maximum absolute atomic E-state index is 12.3. The van der Waals surface area contributed by atoms with E-state index in [9.17, 15) is 35.1 Å². The second-order valence-electron chi connectivity index (χ2n) is 6.11. The summed E-state index contributed by atoms with van der Waals surface area (Å²) in [7, 11) is 1.09. The summed E-state index contributed by atoms with van der Waals surface area (Å²) in [5.41, 5.74) is -1.82. The molecular weight excluding hydrogens is 326 g/mol. The number of carbonyl (C=O) groups excluding carboxylic acids is 2. The molecular formula is C14H23NO9. The molecule has 0 aromatic rings. The number of hydrogen-bond donors (Lipinski definition) is 5. The highest BCUT2D eigenvalue weighted by atomic mass is 16.6. The largest absolute Gasteiger partial charge is 0.467 e. The summed E-state index contributed by atoms with van der Waals surface area (Å²) in [6, 6.07) is -2.30. The summed E-state index contributed by atoms with van der Waals surface area (Å²) < 4.78 is 10.3. The van der Waals surface area contributed by atoms with Crippen molar-refractivity contribution < 1.29 is 44.6 Å². The minimum Gasteiger partial charge on any atom is -0.467 e. The number of amides is 1. The van der Waals surface area contributed by atoms with E-state index >= 15 is 0 Å². The Balaban J connectivity index is 2.54. The number of methoxy groups -OCH3 is 1. The summed E-state index contributed by atoms with van der Waals surface area (Å²) >= 11 is 0. The first-order valence-corrected chi connectivity index (χ1v) is 7.55. The molecule has 0 aromatic heterocycles. The minimum atomic E-state index is -1.82. The average Bonchev–Trinajstić information content (AvgIpc) is 2.91. The Hall–Kier alpha value is -1.30. The van der Waals surface area contributed by atoms with E-state index in [1.54, 1.807) is 0 Å². The predicted octanol–water partition coefficient (Wildman–Crippen LogP) is -3.65. The summed E-state index contributed by atoms with van der Waals surface area (Å²) in [5.74, 6) is -1.46. The summed E-state index contributed by atoms with van der Waals surface area (Å²) in [6.45, 7) is -0.000569. The molecule has 1 spiro atoms. The number of aliphatic hydroxyl groups excluding tert-OH is 5. The van der Waals surface area contributed by atoms with Crippen LogP contribution in [0.3, 0.4) is 0 Å². The monoisotopic (exact) mass is 349 g/mol. The lowest BCUT2D eigenvalue weighted by Crippen LogP contribution is -2.70. The average molecular weight is 349 g/mol. The van der Waals surface area contributed by atoms with Crippen molar-refractivity contribution in [1.82, 2.24) is 4.90 Å². The van der Waals surface area contributed by atoms with Crippen molar-refractivity contribution in [2.45, 2.75) is 55.4 Å². The van der Waals surface area contributed by atoms with Crippen LogP contribution in [0.2, 0.25) is 0 Å². The van der Waals surface area contributed by atoms with Gasteiger partial charge in [-0.05, 0) is 0 Å². The Morgan fingerprint density at radius 1 is 1.21 bits per heavy atom. The minimum absolute atomic E-state index is 0.176. The van der Waals surface area contributed by atoms with Gasteiger partial charge in [0.25, 0.3) is 0 Å². The van der Waals surface area contributed by atoms with Crippen LogP contribution in [0.25, 0.3) is 0 Å². The molecule has 24 heavy (non-hydrogen) atoms. The number of esters is 1. The summed E-state index contributed by atoms with van der Waals surface area (Å²) in [6.07, 6.45) is -6.48. The molecule has 2 aliphatic heterocycles. The lowest BCUT2D eigenvalue weighted by atomic mass is 9.79. The predicted molar refractivity (Wildman–Crippen MR) is 76.5 cm³/mol. The molecule has 0 bridgehead atoms. The molecule has 1 amide bonds. The second kappa shape index (κ2) is 6.90. The molecule has 0 aliphatic carbocycles. The van der Waals surface area contributed by atoms with Crippen molar-refractivity contribution in [2.75, 3.05) is 20.3 Å². The normalized spacial score (nSPS) is 42.4. The third kappa shape index (κ3) is 2.68. The molecule has 5 N–H and O–H groups in total. The Morgan fingerprint density at radius 3 is 2.29 bits per heavy atom. The maximum atomic E-state index is 12.3. The fourth-order valence-corrected chi connectivity index (χ4v) is 3.70. The van der Waals surface area contributed by atoms with Gasteiger partial charge in [0.1, 0.15) is 30.0 Å². The first kappa shape index (κ1) is 19.0. The smallest absolute Gasteiger partial charge is 0.331 e. The van der Waals surface area contributed by atoms with E-state index in [1.165, 1.54) is 6.92 Å². The summed E-state index contributed by atoms with van der Waals surface area (Å²) in [5, 5.41) is 49.4. The van der Waals surface area contributed by atoms with Gasteiger partial charge in [0.15, 0.2) is 6.04 Å². The Bertz CT molecular complexity index is 499. The Morgan fingerprint density at radius 2 is 1.83 bits per heavy atom. The van der Waals surface area contributed by atoms with Gasteiger partial charge in [0.2, 0.25) is 5.91 Å².